The van der Waals surface area contributed by atoms with Crippen LogP contribution in [0.5, 0.6) is 5.75 Å². The summed E-state index contributed by atoms with van der Waals surface area (Å²) in [6.07, 6.45) is 1.01. The molecule has 1 fully saturated rings. The molecule has 0 spiro atoms. The van der Waals surface area contributed by atoms with E-state index in [4.69, 9.17) is 9.47 Å². The zero-order valence-corrected chi connectivity index (χ0v) is 12.0. The van der Waals surface area contributed by atoms with Crippen LogP contribution in [0.4, 0.5) is 5.69 Å². The zero-order chi connectivity index (χ0) is 13.4. The van der Waals surface area contributed by atoms with Crippen LogP contribution in [0.15, 0.2) is 18.2 Å². The van der Waals surface area contributed by atoms with Crippen LogP contribution < -0.4 is 9.64 Å². The molecule has 0 radical (unpaired) electrons. The number of hydrogen-bond donors (Lipinski definition) is 0. The number of nitrogens with zero attached hydrogens (tertiary/aromatic N) is 1. The van der Waals surface area contributed by atoms with Gasteiger partial charge in [-0.05, 0) is 18.1 Å². The fourth-order valence-electron chi connectivity index (χ4n) is 2.04. The lowest BCUT2D eigenvalue weighted by Crippen LogP contribution is -2.36. The standard InChI is InChI=1S/C13H19NO2.C2H6/c1-3-11-4-5-12(10-13(11)15-2)14-6-8-16-9-7-14;1-2/h4-5,10H,3,6-9H2,1-2H3;1-2H3. The molecule has 2 rings (SSSR count). The molecule has 1 aliphatic heterocycles. The highest BCUT2D eigenvalue weighted by molar-refractivity contribution is 5.54. The molecule has 3 heteroatoms. The van der Waals surface area contributed by atoms with Gasteiger partial charge in [0.1, 0.15) is 5.75 Å². The quantitative estimate of drug-likeness (QED) is 0.824. The average molecular weight is 251 g/mol. The number of benzene rings is 1. The Balaban J connectivity index is 0.000000771. The third-order valence-corrected chi connectivity index (χ3v) is 3.03. The first kappa shape index (κ1) is 14.8. The summed E-state index contributed by atoms with van der Waals surface area (Å²) in [5.74, 6) is 0.992. The van der Waals surface area contributed by atoms with Gasteiger partial charge in [0.15, 0.2) is 0 Å². The molecule has 18 heavy (non-hydrogen) atoms. The normalized spacial score (nSPS) is 14.8. The van der Waals surface area contributed by atoms with Crippen molar-refractivity contribution in [1.29, 1.82) is 0 Å². The van der Waals surface area contributed by atoms with Crippen molar-refractivity contribution in [3.05, 3.63) is 23.8 Å². The van der Waals surface area contributed by atoms with Gasteiger partial charge in [0.05, 0.1) is 20.3 Å². The van der Waals surface area contributed by atoms with E-state index in [1.807, 2.05) is 13.8 Å². The van der Waals surface area contributed by atoms with Gasteiger partial charge in [-0.1, -0.05) is 26.8 Å². The Morgan fingerprint density at radius 3 is 2.44 bits per heavy atom. The minimum absolute atomic E-state index is 0.817. The summed E-state index contributed by atoms with van der Waals surface area (Å²) in [5, 5.41) is 0. The van der Waals surface area contributed by atoms with E-state index in [0.717, 1.165) is 38.5 Å². The number of rotatable bonds is 3. The topological polar surface area (TPSA) is 21.7 Å². The number of hydrogen-bond acceptors (Lipinski definition) is 3. The molecule has 0 unspecified atom stereocenters. The van der Waals surface area contributed by atoms with Crippen molar-refractivity contribution in [2.45, 2.75) is 27.2 Å². The Kier molecular flexibility index (Phi) is 6.58. The second-order valence-electron chi connectivity index (χ2n) is 3.95. The van der Waals surface area contributed by atoms with E-state index >= 15 is 0 Å². The molecule has 0 atom stereocenters. The third-order valence-electron chi connectivity index (χ3n) is 3.03. The SMILES string of the molecule is CC.CCc1ccc(N2CCOCC2)cc1OC. The minimum Gasteiger partial charge on any atom is -0.496 e. The summed E-state index contributed by atoms with van der Waals surface area (Å²) in [6, 6.07) is 6.46. The first-order valence-electron chi connectivity index (χ1n) is 6.84. The molecule has 0 amide bonds. The van der Waals surface area contributed by atoms with Gasteiger partial charge in [0, 0.05) is 24.8 Å². The summed E-state index contributed by atoms with van der Waals surface area (Å²) in [7, 11) is 1.73. The van der Waals surface area contributed by atoms with Gasteiger partial charge in [0.2, 0.25) is 0 Å². The molecule has 1 aromatic carbocycles. The lowest BCUT2D eigenvalue weighted by molar-refractivity contribution is 0.122. The largest absolute Gasteiger partial charge is 0.496 e. The molecule has 0 saturated carbocycles. The molecular weight excluding hydrogens is 226 g/mol. The highest BCUT2D eigenvalue weighted by Gasteiger charge is 2.12. The molecule has 1 saturated heterocycles. The van der Waals surface area contributed by atoms with E-state index in [0.29, 0.717) is 0 Å². The van der Waals surface area contributed by atoms with Crippen LogP contribution in [0.3, 0.4) is 0 Å². The monoisotopic (exact) mass is 251 g/mol. The molecule has 0 N–H and O–H groups in total. The van der Waals surface area contributed by atoms with Crippen LogP contribution in [0.2, 0.25) is 0 Å². The zero-order valence-electron chi connectivity index (χ0n) is 12.0. The van der Waals surface area contributed by atoms with E-state index in [9.17, 15) is 0 Å². The maximum absolute atomic E-state index is 5.41. The van der Waals surface area contributed by atoms with Gasteiger partial charge in [-0.25, -0.2) is 0 Å². The molecule has 1 heterocycles. The summed E-state index contributed by atoms with van der Waals surface area (Å²) < 4.78 is 10.8. The van der Waals surface area contributed by atoms with Crippen molar-refractivity contribution < 1.29 is 9.47 Å². The Hall–Kier alpha value is -1.22. The van der Waals surface area contributed by atoms with Crippen molar-refractivity contribution >= 4 is 5.69 Å². The van der Waals surface area contributed by atoms with Crippen molar-refractivity contribution in [2.75, 3.05) is 38.3 Å². The number of aryl methyl sites for hydroxylation is 1. The lowest BCUT2D eigenvalue weighted by Gasteiger charge is -2.29. The first-order valence-corrected chi connectivity index (χ1v) is 6.84. The highest BCUT2D eigenvalue weighted by atomic mass is 16.5. The smallest absolute Gasteiger partial charge is 0.124 e. The second kappa shape index (κ2) is 7.98. The summed E-state index contributed by atoms with van der Waals surface area (Å²) in [4.78, 5) is 2.34. The number of anilines is 1. The van der Waals surface area contributed by atoms with Gasteiger partial charge < -0.3 is 14.4 Å². The van der Waals surface area contributed by atoms with Crippen LogP contribution >= 0.6 is 0 Å². The first-order chi connectivity index (χ1) is 8.85. The van der Waals surface area contributed by atoms with E-state index in [2.05, 4.69) is 30.0 Å². The summed E-state index contributed by atoms with van der Waals surface area (Å²) in [6.45, 7) is 9.71. The van der Waals surface area contributed by atoms with Crippen LogP contribution in [-0.2, 0) is 11.2 Å². The molecule has 102 valence electrons. The Morgan fingerprint density at radius 2 is 1.89 bits per heavy atom. The summed E-state index contributed by atoms with van der Waals surface area (Å²) >= 11 is 0. The van der Waals surface area contributed by atoms with E-state index in [1.165, 1.54) is 11.3 Å². The van der Waals surface area contributed by atoms with Crippen LogP contribution in [0.25, 0.3) is 0 Å². The number of methoxy groups -OCH3 is 1. The van der Waals surface area contributed by atoms with Crippen molar-refractivity contribution in [3.8, 4) is 5.75 Å². The van der Waals surface area contributed by atoms with Gasteiger partial charge >= 0.3 is 0 Å². The predicted octanol–water partition coefficient (Wildman–Crippen LogP) is 3.12. The van der Waals surface area contributed by atoms with Crippen LogP contribution in [0, 0.1) is 0 Å². The molecule has 0 aliphatic carbocycles. The van der Waals surface area contributed by atoms with Gasteiger partial charge in [-0.2, -0.15) is 0 Å². The molecule has 0 bridgehead atoms. The van der Waals surface area contributed by atoms with Gasteiger partial charge in [-0.15, -0.1) is 0 Å². The Morgan fingerprint density at radius 1 is 1.22 bits per heavy atom. The lowest BCUT2D eigenvalue weighted by atomic mass is 10.1. The average Bonchev–Trinajstić information content (AvgIpc) is 2.49. The van der Waals surface area contributed by atoms with E-state index in [1.54, 1.807) is 7.11 Å². The number of ether oxygens (including phenoxy) is 2. The second-order valence-corrected chi connectivity index (χ2v) is 3.95. The van der Waals surface area contributed by atoms with E-state index < -0.39 is 0 Å². The molecule has 3 nitrogen and oxygen atoms in total. The van der Waals surface area contributed by atoms with Crippen molar-refractivity contribution in [3.63, 3.8) is 0 Å². The van der Waals surface area contributed by atoms with Crippen LogP contribution in [-0.4, -0.2) is 33.4 Å². The van der Waals surface area contributed by atoms with Crippen LogP contribution in [0.1, 0.15) is 26.3 Å². The van der Waals surface area contributed by atoms with Crippen molar-refractivity contribution in [1.82, 2.24) is 0 Å². The minimum atomic E-state index is 0.817. The fraction of sp³-hybridized carbons (Fsp3) is 0.600. The predicted molar refractivity (Wildman–Crippen MR) is 76.8 cm³/mol. The molecule has 0 aromatic heterocycles. The Bertz CT molecular complexity index is 346. The van der Waals surface area contributed by atoms with Crippen molar-refractivity contribution in [2.24, 2.45) is 0 Å². The van der Waals surface area contributed by atoms with E-state index in [-0.39, 0.29) is 0 Å². The van der Waals surface area contributed by atoms with Gasteiger partial charge in [-0.3, -0.25) is 0 Å². The number of morpholine rings is 1. The Labute approximate surface area is 111 Å². The maximum Gasteiger partial charge on any atom is 0.124 e. The van der Waals surface area contributed by atoms with Gasteiger partial charge in [0.25, 0.3) is 0 Å². The third kappa shape index (κ3) is 3.64. The molecular formula is C15H25NO2. The molecule has 1 aliphatic rings. The fourth-order valence-corrected chi connectivity index (χ4v) is 2.04. The highest BCUT2D eigenvalue weighted by Crippen LogP contribution is 2.26. The molecule has 1 aromatic rings. The summed E-state index contributed by atoms with van der Waals surface area (Å²) in [5.41, 5.74) is 2.50. The maximum atomic E-state index is 5.41.